The average Bonchev–Trinajstić information content (AvgIpc) is 2.44. The van der Waals surface area contributed by atoms with E-state index in [4.69, 9.17) is 0 Å². The molecular weight excluding hydrogens is 254 g/mol. The lowest BCUT2D eigenvalue weighted by molar-refractivity contribution is -0.121. The second-order valence-corrected chi connectivity index (χ2v) is 5.09. The summed E-state index contributed by atoms with van der Waals surface area (Å²) in [4.78, 5) is 23.0. The van der Waals surface area contributed by atoms with Crippen LogP contribution in [0.3, 0.4) is 0 Å². The van der Waals surface area contributed by atoms with Crippen molar-refractivity contribution in [3.8, 4) is 0 Å². The van der Waals surface area contributed by atoms with Gasteiger partial charge in [0.2, 0.25) is 5.91 Å². The third kappa shape index (κ3) is 4.66. The van der Waals surface area contributed by atoms with Crippen molar-refractivity contribution in [3.63, 3.8) is 0 Å². The second-order valence-electron chi connectivity index (χ2n) is 5.09. The summed E-state index contributed by atoms with van der Waals surface area (Å²) in [5.74, 6) is -0.0152. The van der Waals surface area contributed by atoms with Gasteiger partial charge in [0.25, 0.3) is 0 Å². The third-order valence-electron chi connectivity index (χ3n) is 3.11. The fourth-order valence-electron chi connectivity index (χ4n) is 1.96. The maximum Gasteiger partial charge on any atom is 0.321 e. The SMILES string of the molecule is CNC(=O)NC(=O)C(C)NC(c1ccccc1)C(C)C. The van der Waals surface area contributed by atoms with Crippen LogP contribution in [-0.4, -0.2) is 25.0 Å². The highest BCUT2D eigenvalue weighted by Crippen LogP contribution is 2.21. The molecule has 0 spiro atoms. The van der Waals surface area contributed by atoms with Crippen molar-refractivity contribution in [2.75, 3.05) is 7.05 Å². The zero-order chi connectivity index (χ0) is 15.1. The average molecular weight is 277 g/mol. The molecule has 5 heteroatoms. The van der Waals surface area contributed by atoms with E-state index in [1.165, 1.54) is 7.05 Å². The molecule has 0 bridgehead atoms. The molecule has 2 unspecified atom stereocenters. The Kier molecular flexibility index (Phi) is 6.18. The molecule has 0 heterocycles. The number of urea groups is 1. The molecule has 0 aliphatic carbocycles. The van der Waals surface area contributed by atoms with E-state index in [1.807, 2.05) is 30.3 Å². The number of hydrogen-bond donors (Lipinski definition) is 3. The molecule has 3 amide bonds. The van der Waals surface area contributed by atoms with Gasteiger partial charge in [-0.05, 0) is 18.4 Å². The van der Waals surface area contributed by atoms with Gasteiger partial charge in [-0.3, -0.25) is 15.4 Å². The first kappa shape index (κ1) is 16.2. The zero-order valence-electron chi connectivity index (χ0n) is 12.4. The highest BCUT2D eigenvalue weighted by Gasteiger charge is 2.22. The van der Waals surface area contributed by atoms with Crippen LogP contribution in [0.5, 0.6) is 0 Å². The predicted molar refractivity (Wildman–Crippen MR) is 79.2 cm³/mol. The molecule has 0 aromatic heterocycles. The Bertz CT molecular complexity index is 446. The smallest absolute Gasteiger partial charge is 0.321 e. The number of benzene rings is 1. The van der Waals surface area contributed by atoms with Gasteiger partial charge in [-0.2, -0.15) is 0 Å². The molecule has 0 fully saturated rings. The standard InChI is InChI=1S/C15H23N3O2/c1-10(2)13(12-8-6-5-7-9-12)17-11(3)14(19)18-15(20)16-4/h5-11,13,17H,1-4H3,(H2,16,18,19,20). The summed E-state index contributed by atoms with van der Waals surface area (Å²) in [5, 5.41) is 7.90. The monoisotopic (exact) mass is 277 g/mol. The molecule has 0 aliphatic rings. The summed E-state index contributed by atoms with van der Waals surface area (Å²) in [5.41, 5.74) is 1.13. The van der Waals surface area contributed by atoms with Gasteiger partial charge in [-0.25, -0.2) is 4.79 Å². The summed E-state index contributed by atoms with van der Waals surface area (Å²) < 4.78 is 0. The number of imide groups is 1. The molecule has 2 atom stereocenters. The van der Waals surface area contributed by atoms with E-state index in [0.29, 0.717) is 5.92 Å². The van der Waals surface area contributed by atoms with Crippen molar-refractivity contribution >= 4 is 11.9 Å². The molecule has 0 radical (unpaired) electrons. The van der Waals surface area contributed by atoms with Crippen molar-refractivity contribution in [1.29, 1.82) is 0 Å². The van der Waals surface area contributed by atoms with Crippen LogP contribution in [0.25, 0.3) is 0 Å². The molecule has 0 saturated carbocycles. The molecule has 5 nitrogen and oxygen atoms in total. The van der Waals surface area contributed by atoms with Crippen LogP contribution >= 0.6 is 0 Å². The summed E-state index contributed by atoms with van der Waals surface area (Å²) in [6.07, 6.45) is 0. The highest BCUT2D eigenvalue weighted by molar-refractivity contribution is 5.96. The van der Waals surface area contributed by atoms with E-state index < -0.39 is 12.1 Å². The van der Waals surface area contributed by atoms with E-state index in [0.717, 1.165) is 5.56 Å². The maximum absolute atomic E-state index is 11.9. The first-order chi connectivity index (χ1) is 9.45. The van der Waals surface area contributed by atoms with E-state index in [2.05, 4.69) is 29.8 Å². The molecule has 3 N–H and O–H groups in total. The van der Waals surface area contributed by atoms with E-state index >= 15 is 0 Å². The minimum atomic E-state index is -0.496. The fourth-order valence-corrected chi connectivity index (χ4v) is 1.96. The van der Waals surface area contributed by atoms with Crippen LogP contribution < -0.4 is 16.0 Å². The van der Waals surface area contributed by atoms with Crippen LogP contribution in [-0.2, 0) is 4.79 Å². The lowest BCUT2D eigenvalue weighted by Gasteiger charge is -2.26. The Morgan fingerprint density at radius 3 is 2.15 bits per heavy atom. The third-order valence-corrected chi connectivity index (χ3v) is 3.11. The minimum Gasteiger partial charge on any atom is -0.341 e. The van der Waals surface area contributed by atoms with Crippen molar-refractivity contribution in [2.45, 2.75) is 32.9 Å². The normalized spacial score (nSPS) is 13.7. The second kappa shape index (κ2) is 7.65. The van der Waals surface area contributed by atoms with Crippen LogP contribution in [0.4, 0.5) is 4.79 Å². The largest absolute Gasteiger partial charge is 0.341 e. The Balaban J connectivity index is 2.71. The fraction of sp³-hybridized carbons (Fsp3) is 0.467. The predicted octanol–water partition coefficient (Wildman–Crippen LogP) is 1.82. The van der Waals surface area contributed by atoms with Gasteiger partial charge in [-0.1, -0.05) is 44.2 Å². The molecule has 20 heavy (non-hydrogen) atoms. The van der Waals surface area contributed by atoms with Gasteiger partial charge in [-0.15, -0.1) is 0 Å². The minimum absolute atomic E-state index is 0.0571. The van der Waals surface area contributed by atoms with Crippen molar-refractivity contribution in [2.24, 2.45) is 5.92 Å². The zero-order valence-corrected chi connectivity index (χ0v) is 12.4. The molecule has 0 aliphatic heterocycles. The topological polar surface area (TPSA) is 70.2 Å². The first-order valence-electron chi connectivity index (χ1n) is 6.79. The van der Waals surface area contributed by atoms with E-state index in [9.17, 15) is 9.59 Å². The first-order valence-corrected chi connectivity index (χ1v) is 6.79. The quantitative estimate of drug-likeness (QED) is 0.769. The van der Waals surface area contributed by atoms with Gasteiger partial charge in [0, 0.05) is 13.1 Å². The van der Waals surface area contributed by atoms with E-state index in [1.54, 1.807) is 6.92 Å². The Morgan fingerprint density at radius 2 is 1.65 bits per heavy atom. The summed E-state index contributed by atoms with van der Waals surface area (Å²) in [7, 11) is 1.47. The Morgan fingerprint density at radius 1 is 1.05 bits per heavy atom. The van der Waals surface area contributed by atoms with Crippen molar-refractivity contribution in [1.82, 2.24) is 16.0 Å². The van der Waals surface area contributed by atoms with Gasteiger partial charge in [0.15, 0.2) is 0 Å². The van der Waals surface area contributed by atoms with Crippen LogP contribution in [0.15, 0.2) is 30.3 Å². The van der Waals surface area contributed by atoms with Crippen LogP contribution in [0.1, 0.15) is 32.4 Å². The number of amides is 3. The number of rotatable bonds is 5. The summed E-state index contributed by atoms with van der Waals surface area (Å²) in [6, 6.07) is 9.07. The molecule has 1 aromatic rings. The van der Waals surface area contributed by atoms with Crippen molar-refractivity contribution in [3.05, 3.63) is 35.9 Å². The number of carbonyl (C=O) groups excluding carboxylic acids is 2. The van der Waals surface area contributed by atoms with Crippen LogP contribution in [0.2, 0.25) is 0 Å². The summed E-state index contributed by atoms with van der Waals surface area (Å²) in [6.45, 7) is 5.93. The highest BCUT2D eigenvalue weighted by atomic mass is 16.2. The van der Waals surface area contributed by atoms with Gasteiger partial charge in [0.05, 0.1) is 6.04 Å². The van der Waals surface area contributed by atoms with Gasteiger partial charge >= 0.3 is 6.03 Å². The van der Waals surface area contributed by atoms with Gasteiger partial charge < -0.3 is 5.32 Å². The summed E-state index contributed by atoms with van der Waals surface area (Å²) >= 11 is 0. The number of carbonyl (C=O) groups is 2. The maximum atomic E-state index is 11.9. The van der Waals surface area contributed by atoms with Crippen molar-refractivity contribution < 1.29 is 9.59 Å². The Hall–Kier alpha value is -1.88. The lowest BCUT2D eigenvalue weighted by Crippen LogP contribution is -2.48. The van der Waals surface area contributed by atoms with E-state index in [-0.39, 0.29) is 11.9 Å². The molecule has 1 rings (SSSR count). The Labute approximate surface area is 120 Å². The molecular formula is C15H23N3O2. The molecule has 1 aromatic carbocycles. The lowest BCUT2D eigenvalue weighted by atomic mass is 9.95. The molecule has 0 saturated heterocycles. The van der Waals surface area contributed by atoms with Gasteiger partial charge in [0.1, 0.15) is 0 Å². The molecule has 110 valence electrons. The number of hydrogen-bond acceptors (Lipinski definition) is 3. The van der Waals surface area contributed by atoms with Crippen LogP contribution in [0, 0.1) is 5.92 Å². The number of nitrogens with one attached hydrogen (secondary N) is 3.